The average Bonchev–Trinajstić information content (AvgIpc) is 3.13. The van der Waals surface area contributed by atoms with E-state index in [1.165, 1.54) is 4.57 Å². The molecule has 2 aliphatic rings. The molecule has 164 valence electrons. The van der Waals surface area contributed by atoms with Crippen molar-refractivity contribution in [1.82, 2.24) is 14.5 Å². The number of hydrogen-bond donors (Lipinski definition) is 1. The second-order valence-corrected chi connectivity index (χ2v) is 7.76. The standard InChI is InChI=1S/C26H18F3N3O/c27-18-12-20(28)19(21(29)13-18)14-23-26(33)32-15-24(17-9-5-2-6-10-17)30-22(25(32)31-23)11-16-7-3-1-4-8-16/h1-10,12-13,15,30H,11,14H2. The number of imidazole rings is 1. The van der Waals surface area contributed by atoms with Gasteiger partial charge in [0, 0.05) is 36.7 Å². The number of nitrogens with zero attached hydrogens (tertiary/aromatic N) is 2. The third-order valence-electron chi connectivity index (χ3n) is 5.51. The summed E-state index contributed by atoms with van der Waals surface area (Å²) in [5, 5.41) is 0. The summed E-state index contributed by atoms with van der Waals surface area (Å²) in [4.78, 5) is 21.0. The van der Waals surface area contributed by atoms with Crippen molar-refractivity contribution < 1.29 is 13.2 Å². The van der Waals surface area contributed by atoms with E-state index in [-0.39, 0.29) is 12.1 Å². The normalized spacial score (nSPS) is 11.2. The molecule has 0 unspecified atom stereocenters. The molecule has 0 atom stereocenters. The van der Waals surface area contributed by atoms with Crippen molar-refractivity contribution in [2.45, 2.75) is 12.8 Å². The Kier molecular flexibility index (Phi) is 5.30. The first-order chi connectivity index (χ1) is 16.0. The fourth-order valence-corrected chi connectivity index (χ4v) is 3.89. The summed E-state index contributed by atoms with van der Waals surface area (Å²) in [6.07, 6.45) is 1.72. The van der Waals surface area contributed by atoms with Crippen LogP contribution in [0.5, 0.6) is 0 Å². The Bertz CT molecular complexity index is 1440. The molecule has 0 saturated carbocycles. The van der Waals surface area contributed by atoms with Crippen LogP contribution in [0.15, 0.2) is 83.8 Å². The van der Waals surface area contributed by atoms with Gasteiger partial charge < -0.3 is 4.98 Å². The second-order valence-electron chi connectivity index (χ2n) is 7.76. The topological polar surface area (TPSA) is 50.7 Å². The SMILES string of the molecule is O=c1c(Cc2c(F)cc(F)cc2F)nc2c(Cc3ccccc3)[nH]c(-c3ccccc3)cn1-2. The first-order valence-corrected chi connectivity index (χ1v) is 10.4. The zero-order valence-corrected chi connectivity index (χ0v) is 17.4. The van der Waals surface area contributed by atoms with Crippen molar-refractivity contribution in [3.8, 4) is 17.1 Å². The third kappa shape index (κ3) is 4.05. The maximum Gasteiger partial charge on any atom is 0.278 e. The van der Waals surface area contributed by atoms with E-state index < -0.39 is 28.6 Å². The Morgan fingerprint density at radius 2 is 1.48 bits per heavy atom. The summed E-state index contributed by atoms with van der Waals surface area (Å²) in [6.45, 7) is 0. The molecule has 0 spiro atoms. The molecule has 2 heterocycles. The smallest absolute Gasteiger partial charge is 0.278 e. The summed E-state index contributed by atoms with van der Waals surface area (Å²) >= 11 is 0. The number of benzene rings is 3. The van der Waals surface area contributed by atoms with Crippen LogP contribution in [-0.4, -0.2) is 14.5 Å². The van der Waals surface area contributed by atoms with Crippen molar-refractivity contribution in [1.29, 1.82) is 0 Å². The fraction of sp³-hybridized carbons (Fsp3) is 0.0769. The van der Waals surface area contributed by atoms with Gasteiger partial charge in [-0.05, 0) is 11.1 Å². The zero-order chi connectivity index (χ0) is 22.9. The lowest BCUT2D eigenvalue weighted by atomic mass is 10.1. The monoisotopic (exact) mass is 445 g/mol. The van der Waals surface area contributed by atoms with Gasteiger partial charge in [-0.25, -0.2) is 18.2 Å². The summed E-state index contributed by atoms with van der Waals surface area (Å²) in [7, 11) is 0. The maximum atomic E-state index is 14.2. The van der Waals surface area contributed by atoms with Gasteiger partial charge in [-0.1, -0.05) is 60.7 Å². The van der Waals surface area contributed by atoms with Crippen LogP contribution in [-0.2, 0) is 12.8 Å². The zero-order valence-electron chi connectivity index (χ0n) is 17.4. The van der Waals surface area contributed by atoms with Gasteiger partial charge in [-0.2, -0.15) is 0 Å². The molecule has 7 heteroatoms. The van der Waals surface area contributed by atoms with E-state index in [0.717, 1.165) is 11.1 Å². The van der Waals surface area contributed by atoms with E-state index in [9.17, 15) is 18.0 Å². The first-order valence-electron chi connectivity index (χ1n) is 10.4. The summed E-state index contributed by atoms with van der Waals surface area (Å²) in [5.74, 6) is -2.74. The lowest BCUT2D eigenvalue weighted by Crippen LogP contribution is -2.18. The predicted molar refractivity (Wildman–Crippen MR) is 119 cm³/mol. The van der Waals surface area contributed by atoms with Crippen LogP contribution in [0.4, 0.5) is 13.2 Å². The van der Waals surface area contributed by atoms with E-state index in [1.807, 2.05) is 60.7 Å². The lowest BCUT2D eigenvalue weighted by molar-refractivity contribution is 0.527. The van der Waals surface area contributed by atoms with Gasteiger partial charge in [-0.3, -0.25) is 9.36 Å². The minimum absolute atomic E-state index is 0.0210. The van der Waals surface area contributed by atoms with E-state index >= 15 is 0 Å². The van der Waals surface area contributed by atoms with Gasteiger partial charge in [0.05, 0.1) is 11.4 Å². The largest absolute Gasteiger partial charge is 0.354 e. The number of aromatic amines is 1. The molecule has 0 fully saturated rings. The van der Waals surface area contributed by atoms with Crippen LogP contribution in [0.25, 0.3) is 17.1 Å². The van der Waals surface area contributed by atoms with Crippen LogP contribution in [0, 0.1) is 17.5 Å². The maximum absolute atomic E-state index is 14.2. The van der Waals surface area contributed by atoms with E-state index in [4.69, 9.17) is 0 Å². The van der Waals surface area contributed by atoms with E-state index in [0.29, 0.717) is 35.8 Å². The number of hydrogen-bond acceptors (Lipinski definition) is 2. The number of rotatable bonds is 5. The van der Waals surface area contributed by atoms with Crippen LogP contribution in [0.2, 0.25) is 0 Å². The van der Waals surface area contributed by atoms with E-state index in [2.05, 4.69) is 9.97 Å². The summed E-state index contributed by atoms with van der Waals surface area (Å²) < 4.78 is 43.1. The van der Waals surface area contributed by atoms with Crippen molar-refractivity contribution >= 4 is 0 Å². The van der Waals surface area contributed by atoms with Crippen molar-refractivity contribution in [2.75, 3.05) is 0 Å². The number of fused-ring (bicyclic) bond motifs is 1. The van der Waals surface area contributed by atoms with Crippen molar-refractivity contribution in [2.24, 2.45) is 0 Å². The Morgan fingerprint density at radius 3 is 2.15 bits per heavy atom. The number of halogens is 3. The third-order valence-corrected chi connectivity index (χ3v) is 5.51. The fourth-order valence-electron chi connectivity index (χ4n) is 3.89. The van der Waals surface area contributed by atoms with Gasteiger partial charge in [0.25, 0.3) is 5.56 Å². The van der Waals surface area contributed by atoms with Gasteiger partial charge in [0.2, 0.25) is 0 Å². The molecule has 0 aromatic heterocycles. The molecule has 0 amide bonds. The minimum atomic E-state index is -1.05. The molecule has 3 aromatic rings. The van der Waals surface area contributed by atoms with Crippen LogP contribution in [0.3, 0.4) is 0 Å². The first kappa shape index (κ1) is 20.8. The molecule has 0 bridgehead atoms. The van der Waals surface area contributed by atoms with Crippen molar-refractivity contribution in [3.63, 3.8) is 0 Å². The van der Waals surface area contributed by atoms with Gasteiger partial charge in [-0.15, -0.1) is 0 Å². The molecule has 2 aliphatic heterocycles. The summed E-state index contributed by atoms with van der Waals surface area (Å²) in [6, 6.07) is 20.4. The molecule has 0 saturated heterocycles. The molecule has 1 N–H and O–H groups in total. The highest BCUT2D eigenvalue weighted by Crippen LogP contribution is 2.24. The quantitative estimate of drug-likeness (QED) is 0.401. The molecule has 0 aliphatic carbocycles. The number of H-pyrrole nitrogens is 1. The highest BCUT2D eigenvalue weighted by molar-refractivity contribution is 5.60. The van der Waals surface area contributed by atoms with E-state index in [1.54, 1.807) is 6.20 Å². The molecule has 4 nitrogen and oxygen atoms in total. The minimum Gasteiger partial charge on any atom is -0.354 e. The Morgan fingerprint density at radius 1 is 0.848 bits per heavy atom. The molecular weight excluding hydrogens is 427 g/mol. The van der Waals surface area contributed by atoms with Crippen molar-refractivity contribution in [3.05, 3.63) is 129 Å². The molecule has 33 heavy (non-hydrogen) atoms. The Balaban J connectivity index is 1.66. The molecule has 0 radical (unpaired) electrons. The van der Waals surface area contributed by atoms with Crippen LogP contribution in [0.1, 0.15) is 22.5 Å². The Hall–Kier alpha value is -4.13. The predicted octanol–water partition coefficient (Wildman–Crippen LogP) is 5.26. The molecule has 5 rings (SSSR count). The summed E-state index contributed by atoms with van der Waals surface area (Å²) in [5.41, 5.74) is 2.38. The van der Waals surface area contributed by atoms with Gasteiger partial charge in [0.1, 0.15) is 23.1 Å². The highest BCUT2D eigenvalue weighted by atomic mass is 19.1. The Labute approximate surface area is 187 Å². The van der Waals surface area contributed by atoms with Crippen LogP contribution >= 0.6 is 0 Å². The molecule has 3 aromatic carbocycles. The van der Waals surface area contributed by atoms with Crippen LogP contribution < -0.4 is 5.56 Å². The lowest BCUT2D eigenvalue weighted by Gasteiger charge is -2.13. The molecular formula is C26H18F3N3O. The van der Waals surface area contributed by atoms with Gasteiger partial charge in [0.15, 0.2) is 5.82 Å². The number of nitrogens with one attached hydrogen (secondary N) is 1. The highest BCUT2D eigenvalue weighted by Gasteiger charge is 2.22. The van der Waals surface area contributed by atoms with Gasteiger partial charge >= 0.3 is 0 Å². The average molecular weight is 445 g/mol. The second kappa shape index (κ2) is 8.43. The number of aromatic nitrogens is 3.